The van der Waals surface area contributed by atoms with Gasteiger partial charge in [-0.25, -0.2) is 4.39 Å². The number of benzene rings is 1. The van der Waals surface area contributed by atoms with Crippen LogP contribution in [0.1, 0.15) is 45.6 Å². The lowest BCUT2D eigenvalue weighted by Crippen LogP contribution is -2.61. The third-order valence-electron chi connectivity index (χ3n) is 10.4. The minimum Gasteiger partial charge on any atom is -0.336 e. The minimum atomic E-state index is -5.23. The van der Waals surface area contributed by atoms with Gasteiger partial charge in [0.25, 0.3) is 0 Å². The van der Waals surface area contributed by atoms with Crippen molar-refractivity contribution in [2.45, 2.75) is 75.9 Å². The zero-order valence-electron chi connectivity index (χ0n) is 24.0. The van der Waals surface area contributed by atoms with Crippen LogP contribution in [0.5, 0.6) is 0 Å². The second-order valence-electron chi connectivity index (χ2n) is 13.8. The zero-order valence-corrected chi connectivity index (χ0v) is 24.0. The lowest BCUT2D eigenvalue weighted by Gasteiger charge is -2.38. The van der Waals surface area contributed by atoms with E-state index in [-0.39, 0.29) is 43.7 Å². The summed E-state index contributed by atoms with van der Waals surface area (Å²) in [6, 6.07) is 5.23. The molecule has 1 aromatic carbocycles. The predicted molar refractivity (Wildman–Crippen MR) is 144 cm³/mol. The summed E-state index contributed by atoms with van der Waals surface area (Å²) in [6.07, 6.45) is -5.58. The molecule has 6 rings (SSSR count). The summed E-state index contributed by atoms with van der Waals surface area (Å²) < 4.78 is 54.9. The molecule has 2 N–H and O–H groups in total. The average Bonchev–Trinajstić information content (AvgIpc) is 3.72. The highest BCUT2D eigenvalue weighted by atomic mass is 19.4. The molecule has 230 valence electrons. The lowest BCUT2D eigenvalue weighted by molar-refractivity contribution is -0.176. The number of amides is 4. The van der Waals surface area contributed by atoms with Crippen molar-refractivity contribution in [3.05, 3.63) is 29.8 Å². The number of carbonyl (C=O) groups is 4. The van der Waals surface area contributed by atoms with E-state index in [0.717, 1.165) is 0 Å². The Labute approximate surface area is 245 Å². The van der Waals surface area contributed by atoms with Crippen molar-refractivity contribution in [3.63, 3.8) is 0 Å². The van der Waals surface area contributed by atoms with Crippen LogP contribution in [0.15, 0.2) is 24.3 Å². The van der Waals surface area contributed by atoms with E-state index >= 15 is 4.39 Å². The van der Waals surface area contributed by atoms with Gasteiger partial charge in [0, 0.05) is 25.2 Å². The Morgan fingerprint density at radius 3 is 2.47 bits per heavy atom. The molecule has 0 aromatic heterocycles. The summed E-state index contributed by atoms with van der Waals surface area (Å²) in [7, 11) is 0. The molecule has 2 aliphatic carbocycles. The van der Waals surface area contributed by atoms with E-state index in [1.807, 2.05) is 5.32 Å². The highest BCUT2D eigenvalue weighted by molar-refractivity contribution is 6.07. The van der Waals surface area contributed by atoms with Crippen LogP contribution in [0, 0.1) is 40.4 Å². The molecule has 3 heterocycles. The molecule has 9 atom stereocenters. The Hall–Kier alpha value is -3.69. The molecule has 2 bridgehead atoms. The van der Waals surface area contributed by atoms with Gasteiger partial charge in [-0.3, -0.25) is 19.2 Å². The number of para-hydroxylation sites is 1. The van der Waals surface area contributed by atoms with Crippen molar-refractivity contribution in [2.24, 2.45) is 29.1 Å². The number of hydrogen-bond donors (Lipinski definition) is 2. The Bertz CT molecular complexity index is 1440. The number of rotatable bonds is 3. The van der Waals surface area contributed by atoms with Crippen molar-refractivity contribution in [1.82, 2.24) is 15.1 Å². The number of hydrogen-bond acceptors (Lipinski definition) is 5. The minimum absolute atomic E-state index is 0.0247. The highest BCUT2D eigenvalue weighted by Gasteiger charge is 2.65. The second kappa shape index (κ2) is 9.66. The van der Waals surface area contributed by atoms with Crippen LogP contribution < -0.4 is 10.6 Å². The number of nitriles is 1. The first kappa shape index (κ1) is 29.4. The van der Waals surface area contributed by atoms with E-state index in [9.17, 15) is 37.6 Å². The summed E-state index contributed by atoms with van der Waals surface area (Å²) in [6.45, 7) is 4.42. The molecule has 5 aliphatic rings. The van der Waals surface area contributed by atoms with E-state index in [2.05, 4.69) is 11.4 Å². The number of halogens is 4. The van der Waals surface area contributed by atoms with Gasteiger partial charge in [-0.1, -0.05) is 39.0 Å². The third kappa shape index (κ3) is 4.39. The highest BCUT2D eigenvalue weighted by Crippen LogP contribution is 2.59. The molecule has 13 heteroatoms. The summed E-state index contributed by atoms with van der Waals surface area (Å²) in [5, 5.41) is 14.8. The van der Waals surface area contributed by atoms with E-state index in [4.69, 9.17) is 0 Å². The van der Waals surface area contributed by atoms with Gasteiger partial charge in [0.15, 0.2) is 0 Å². The van der Waals surface area contributed by atoms with Crippen molar-refractivity contribution in [3.8, 4) is 6.07 Å². The Morgan fingerprint density at radius 2 is 1.81 bits per heavy atom. The topological polar surface area (TPSA) is 123 Å². The Kier molecular flexibility index (Phi) is 6.60. The molecule has 3 aliphatic heterocycles. The largest absolute Gasteiger partial charge is 0.471 e. The monoisotopic (exact) mass is 603 g/mol. The maximum atomic E-state index is 15.1. The molecular formula is C30H33F4N5O4. The molecule has 1 spiro atoms. The molecule has 2 saturated carbocycles. The molecule has 9 nitrogen and oxygen atoms in total. The fourth-order valence-corrected chi connectivity index (χ4v) is 8.43. The fraction of sp³-hybridized carbons (Fsp3) is 0.633. The summed E-state index contributed by atoms with van der Waals surface area (Å²) in [5.74, 6) is -5.58. The first-order valence-corrected chi connectivity index (χ1v) is 14.5. The van der Waals surface area contributed by atoms with E-state index in [1.54, 1.807) is 24.3 Å². The Morgan fingerprint density at radius 1 is 1.12 bits per heavy atom. The van der Waals surface area contributed by atoms with Crippen molar-refractivity contribution in [1.29, 1.82) is 5.26 Å². The van der Waals surface area contributed by atoms with Gasteiger partial charge in [0.1, 0.15) is 24.3 Å². The van der Waals surface area contributed by atoms with Gasteiger partial charge in [0.05, 0.1) is 11.5 Å². The smallest absolute Gasteiger partial charge is 0.336 e. The van der Waals surface area contributed by atoms with Crippen molar-refractivity contribution < 1.29 is 36.7 Å². The van der Waals surface area contributed by atoms with Crippen molar-refractivity contribution >= 4 is 29.3 Å². The van der Waals surface area contributed by atoms with Gasteiger partial charge in [-0.15, -0.1) is 0 Å². The van der Waals surface area contributed by atoms with Gasteiger partial charge < -0.3 is 20.4 Å². The number of alkyl halides is 4. The summed E-state index contributed by atoms with van der Waals surface area (Å²) in [5.41, 5.74) is -1.12. The Balaban J connectivity index is 1.37. The van der Waals surface area contributed by atoms with E-state index < -0.39 is 70.9 Å². The first-order chi connectivity index (χ1) is 20.1. The molecule has 9 unspecified atom stereocenters. The quantitative estimate of drug-likeness (QED) is 0.515. The van der Waals surface area contributed by atoms with Gasteiger partial charge in [-0.05, 0) is 53.6 Å². The molecular weight excluding hydrogens is 570 g/mol. The number of fused-ring (bicyclic) bond motifs is 7. The molecule has 4 amide bonds. The van der Waals surface area contributed by atoms with Crippen LogP contribution in [0.3, 0.4) is 0 Å². The summed E-state index contributed by atoms with van der Waals surface area (Å²) >= 11 is 0. The van der Waals surface area contributed by atoms with Crippen LogP contribution in [-0.4, -0.2) is 77.0 Å². The zero-order chi connectivity index (χ0) is 31.2. The van der Waals surface area contributed by atoms with Crippen LogP contribution in [0.4, 0.5) is 23.2 Å². The molecule has 4 fully saturated rings. The maximum Gasteiger partial charge on any atom is 0.471 e. The van der Waals surface area contributed by atoms with Gasteiger partial charge >= 0.3 is 12.1 Å². The molecule has 1 aromatic rings. The second-order valence-corrected chi connectivity index (χ2v) is 13.8. The number of anilines is 1. The lowest BCUT2D eigenvalue weighted by atomic mass is 9.77. The van der Waals surface area contributed by atoms with Crippen LogP contribution >= 0.6 is 0 Å². The molecule has 0 radical (unpaired) electrons. The van der Waals surface area contributed by atoms with Gasteiger partial charge in [0.2, 0.25) is 17.7 Å². The third-order valence-corrected chi connectivity index (χ3v) is 10.4. The average molecular weight is 604 g/mol. The predicted octanol–water partition coefficient (Wildman–Crippen LogP) is 2.92. The van der Waals surface area contributed by atoms with Crippen LogP contribution in [0.2, 0.25) is 0 Å². The van der Waals surface area contributed by atoms with Crippen molar-refractivity contribution in [2.75, 3.05) is 18.4 Å². The summed E-state index contributed by atoms with van der Waals surface area (Å²) in [4.78, 5) is 56.4. The SMILES string of the molecule is CC(C)(C)C(NC(=O)C(F)(F)F)C(=O)N1CC2C3CC(F)C(C3)C2C1C(=O)N1CC2(CC1C#N)C(=O)Nc1ccccc12. The molecule has 2 saturated heterocycles. The fourth-order valence-electron chi connectivity index (χ4n) is 8.43. The van der Waals surface area contributed by atoms with E-state index in [0.29, 0.717) is 17.7 Å². The maximum absolute atomic E-state index is 15.1. The first-order valence-electron chi connectivity index (χ1n) is 14.5. The van der Waals surface area contributed by atoms with Crippen LogP contribution in [-0.2, 0) is 24.6 Å². The van der Waals surface area contributed by atoms with Gasteiger partial charge in [-0.2, -0.15) is 18.4 Å². The number of carbonyl (C=O) groups excluding carboxylic acids is 4. The molecule has 43 heavy (non-hydrogen) atoms. The normalized spacial score (nSPS) is 35.0. The number of nitrogens with zero attached hydrogens (tertiary/aromatic N) is 3. The number of likely N-dealkylation sites (tertiary alicyclic amines) is 2. The number of nitrogens with one attached hydrogen (secondary N) is 2. The van der Waals surface area contributed by atoms with Crippen LogP contribution in [0.25, 0.3) is 0 Å². The van der Waals surface area contributed by atoms with E-state index in [1.165, 1.54) is 30.6 Å². The standard InChI is InChI=1S/C30H33F4N5O4/c1-28(2,3)23(37-27(43)30(32,33)34)25(41)38-12-17-14-8-16(19(31)9-14)21(17)22(38)24(40)39-13-29(10-15(39)11-35)18-6-4-5-7-20(18)36-26(29)42/h4-7,14-17,19,21-23H,8-10,12-13H2,1-3H3,(H,36,42)(H,37,43).